The molecule has 0 aromatic rings. The first-order valence-electron chi connectivity index (χ1n) is 10.4. The number of hydrogen-bond acceptors (Lipinski definition) is 2. The zero-order valence-electron chi connectivity index (χ0n) is 21.4. The second-order valence-electron chi connectivity index (χ2n) is 9.01. The van der Waals surface area contributed by atoms with E-state index in [4.69, 9.17) is 5.11 Å². The van der Waals surface area contributed by atoms with Crippen molar-refractivity contribution >= 4 is 5.97 Å². The van der Waals surface area contributed by atoms with E-state index in [1.54, 1.807) is 0 Å². The summed E-state index contributed by atoms with van der Waals surface area (Å²) in [5.41, 5.74) is -9.08. The van der Waals surface area contributed by atoms with Gasteiger partial charge in [0.1, 0.15) is 0 Å². The van der Waals surface area contributed by atoms with Crippen molar-refractivity contribution in [3.8, 4) is 0 Å². The fraction of sp³-hybridized carbons (Fsp3) is 0.938. The first kappa shape index (κ1) is 48.2. The van der Waals surface area contributed by atoms with E-state index in [0.717, 1.165) is 0 Å². The minimum atomic E-state index is -10.5. The SMILES string of the molecule is O=C(O)C(F)(C(F)(F)F)C(F)(F)N(C(F)(F)C(F)(F)C(F)(F)C(F)(F)C(F)(F)C(F)(F)F)C(F)(F)C(F)(F)C(F)(F)C(F)(F)C(F)(F)C(F)(F)F. The number of carbonyl (C=O) groups is 1. The Kier molecular flexibility index (Phi) is 11.0. The summed E-state index contributed by atoms with van der Waals surface area (Å²) in [4.78, 5) is 3.99. The highest BCUT2D eigenvalue weighted by Crippen LogP contribution is 2.67. The van der Waals surface area contributed by atoms with Crippen molar-refractivity contribution in [1.82, 2.24) is 4.90 Å². The van der Waals surface area contributed by atoms with Crippen molar-refractivity contribution < 1.29 is 150 Å². The van der Waals surface area contributed by atoms with Crippen LogP contribution in [0.2, 0.25) is 0 Å². The van der Waals surface area contributed by atoms with Crippen molar-refractivity contribution in [2.24, 2.45) is 0 Å². The van der Waals surface area contributed by atoms with E-state index in [0.29, 0.717) is 0 Å². The van der Waals surface area contributed by atoms with Gasteiger partial charge < -0.3 is 5.11 Å². The molecule has 0 saturated heterocycles. The van der Waals surface area contributed by atoms with Gasteiger partial charge in [-0.3, -0.25) is 0 Å². The number of alkyl halides is 32. The van der Waals surface area contributed by atoms with Crippen LogP contribution in [0.25, 0.3) is 0 Å². The third-order valence-corrected chi connectivity index (χ3v) is 5.78. The van der Waals surface area contributed by atoms with Crippen LogP contribution >= 0.6 is 0 Å². The molecule has 35 heteroatoms. The van der Waals surface area contributed by atoms with Crippen LogP contribution in [0, 0.1) is 0 Å². The van der Waals surface area contributed by atoms with E-state index in [9.17, 15) is 145 Å². The lowest BCUT2D eigenvalue weighted by Gasteiger charge is -2.50. The molecule has 0 spiro atoms. The lowest BCUT2D eigenvalue weighted by atomic mass is 9.91. The predicted octanol–water partition coefficient (Wildman–Crippen LogP) is 9.63. The quantitative estimate of drug-likeness (QED) is 0.148. The maximum atomic E-state index is 14.5. The Labute approximate surface area is 252 Å². The first-order chi connectivity index (χ1) is 21.3. The molecule has 0 aromatic heterocycles. The van der Waals surface area contributed by atoms with Gasteiger partial charge in [0.15, 0.2) is 0 Å². The van der Waals surface area contributed by atoms with E-state index in [-0.39, 0.29) is 0 Å². The second kappa shape index (κ2) is 11.6. The molecule has 51 heavy (non-hydrogen) atoms. The van der Waals surface area contributed by atoms with Gasteiger partial charge in [-0.15, -0.1) is 4.90 Å². The Balaban J connectivity index is 8.81. The molecule has 306 valence electrons. The molecule has 1 atom stereocenters. The fourth-order valence-corrected chi connectivity index (χ4v) is 2.91. The van der Waals surface area contributed by atoms with Gasteiger partial charge in [0.05, 0.1) is 0 Å². The minimum Gasteiger partial charge on any atom is -0.478 e. The molecule has 0 saturated carbocycles. The maximum absolute atomic E-state index is 14.5. The summed E-state index contributed by atoms with van der Waals surface area (Å²) in [6, 6.07) is -30.9. The van der Waals surface area contributed by atoms with E-state index in [1.165, 1.54) is 0 Å². The van der Waals surface area contributed by atoms with Gasteiger partial charge in [-0.2, -0.15) is 136 Å². The van der Waals surface area contributed by atoms with Crippen LogP contribution in [-0.2, 0) is 4.79 Å². The molecule has 0 aromatic carbocycles. The van der Waals surface area contributed by atoms with E-state index < -0.39 is 101 Å². The Morgan fingerprint density at radius 3 is 0.647 bits per heavy atom. The molecule has 1 unspecified atom stereocenters. The molecule has 0 heterocycles. The number of nitrogens with zero attached hydrogens (tertiary/aromatic N) is 1. The molecule has 0 aliphatic carbocycles. The number of aliphatic carboxylic acids is 1. The third kappa shape index (κ3) is 5.77. The monoisotopic (exact) mass is 847 g/mol. The molecular formula is C16HF32NO2. The molecular weight excluding hydrogens is 846 g/mol. The third-order valence-electron chi connectivity index (χ3n) is 5.78. The topological polar surface area (TPSA) is 40.5 Å². The second-order valence-corrected chi connectivity index (χ2v) is 9.01. The average Bonchev–Trinajstić information content (AvgIpc) is 2.84. The van der Waals surface area contributed by atoms with Crippen LogP contribution in [-0.4, -0.2) is 106 Å². The maximum Gasteiger partial charge on any atom is 0.460 e. The Bertz CT molecular complexity index is 1230. The largest absolute Gasteiger partial charge is 0.478 e. The lowest BCUT2D eigenvalue weighted by molar-refractivity contribution is -0.520. The molecule has 0 bridgehead atoms. The Hall–Kier alpha value is -2.81. The minimum absolute atomic E-state index is 5.65. The van der Waals surface area contributed by atoms with Crippen LogP contribution in [0.15, 0.2) is 0 Å². The molecule has 0 amide bonds. The number of hydrogen-bond donors (Lipinski definition) is 1. The summed E-state index contributed by atoms with van der Waals surface area (Å²) >= 11 is 0. The first-order valence-corrected chi connectivity index (χ1v) is 10.4. The number of carboxylic acid groups (broad SMARTS) is 1. The molecule has 0 fully saturated rings. The van der Waals surface area contributed by atoms with Gasteiger partial charge >= 0.3 is 95.7 Å². The molecule has 0 rings (SSSR count). The normalized spacial score (nSPS) is 17.9. The summed E-state index contributed by atoms with van der Waals surface area (Å²) in [6.45, 7) is 0. The summed E-state index contributed by atoms with van der Waals surface area (Å²) in [5, 5.41) is 8.01. The van der Waals surface area contributed by atoms with Gasteiger partial charge in [-0.05, 0) is 0 Å². The van der Waals surface area contributed by atoms with E-state index in [2.05, 4.69) is 0 Å². The Morgan fingerprint density at radius 1 is 0.294 bits per heavy atom. The van der Waals surface area contributed by atoms with Gasteiger partial charge in [0, 0.05) is 0 Å². The standard InChI is InChI=1S/C16HF32NO2/c17-2(1(50)51,11(34,35)36)14(43,44)49(15(45,46)9(30,31)5(22,23)3(18,19)7(26,27)12(37,38)39)16(47,48)10(32,33)6(24,25)4(20,21)8(28,29)13(40,41)42/h(H,50,51). The summed E-state index contributed by atoms with van der Waals surface area (Å²) in [7, 11) is 0. The van der Waals surface area contributed by atoms with Gasteiger partial charge in [0.2, 0.25) is 0 Å². The number of halogens is 32. The van der Waals surface area contributed by atoms with Crippen molar-refractivity contribution in [2.75, 3.05) is 0 Å². The van der Waals surface area contributed by atoms with Crippen molar-refractivity contribution in [3.63, 3.8) is 0 Å². The molecule has 0 aliphatic heterocycles. The van der Waals surface area contributed by atoms with Crippen LogP contribution in [0.3, 0.4) is 0 Å². The molecule has 1 N–H and O–H groups in total. The van der Waals surface area contributed by atoms with Crippen molar-refractivity contribution in [1.29, 1.82) is 0 Å². The van der Waals surface area contributed by atoms with Crippen LogP contribution in [0.4, 0.5) is 140 Å². The van der Waals surface area contributed by atoms with Gasteiger partial charge in [-0.1, -0.05) is 0 Å². The molecule has 3 nitrogen and oxygen atoms in total. The van der Waals surface area contributed by atoms with Crippen LogP contribution in [0.1, 0.15) is 0 Å². The molecule has 0 aliphatic rings. The summed E-state index contributed by atoms with van der Waals surface area (Å²) in [6.07, 6.45) is -25.9. The van der Waals surface area contributed by atoms with Gasteiger partial charge in [0.25, 0.3) is 0 Å². The smallest absolute Gasteiger partial charge is 0.460 e. The number of carboxylic acids is 1. The highest BCUT2D eigenvalue weighted by atomic mass is 19.4. The highest BCUT2D eigenvalue weighted by Gasteiger charge is 2.99. The Morgan fingerprint density at radius 2 is 0.490 bits per heavy atom. The molecule has 0 radical (unpaired) electrons. The average molecular weight is 847 g/mol. The summed E-state index contributed by atoms with van der Waals surface area (Å²) < 4.78 is 429. The lowest BCUT2D eigenvalue weighted by Crippen LogP contribution is -2.83. The zero-order chi connectivity index (χ0) is 42.7. The fourth-order valence-electron chi connectivity index (χ4n) is 2.91. The van der Waals surface area contributed by atoms with Gasteiger partial charge in [-0.25, -0.2) is 9.18 Å². The van der Waals surface area contributed by atoms with Crippen LogP contribution < -0.4 is 0 Å². The van der Waals surface area contributed by atoms with E-state index in [1.807, 2.05) is 0 Å². The van der Waals surface area contributed by atoms with Crippen molar-refractivity contribution in [2.45, 2.75) is 89.7 Å². The van der Waals surface area contributed by atoms with Crippen molar-refractivity contribution in [3.05, 3.63) is 0 Å². The van der Waals surface area contributed by atoms with Crippen LogP contribution in [0.5, 0.6) is 0 Å². The highest BCUT2D eigenvalue weighted by molar-refractivity contribution is 5.80. The predicted molar refractivity (Wildman–Crippen MR) is 85.9 cm³/mol. The number of rotatable bonds is 13. The zero-order valence-corrected chi connectivity index (χ0v) is 21.4. The summed E-state index contributed by atoms with van der Waals surface area (Å²) in [5.74, 6) is -83.7. The van der Waals surface area contributed by atoms with E-state index >= 15 is 0 Å².